The largest absolute Gasteiger partial charge is 0.506 e. The number of ether oxygens (including phenoxy) is 1. The van der Waals surface area contributed by atoms with Crippen LogP contribution in [0, 0.1) is 27.2 Å². The van der Waals surface area contributed by atoms with Gasteiger partial charge in [0.1, 0.15) is 11.5 Å². The van der Waals surface area contributed by atoms with E-state index in [0.717, 1.165) is 23.8 Å². The number of nitrogens with zero attached hydrogens (tertiary/aromatic N) is 2. The number of nitrogens with one attached hydrogen (secondary N) is 4. The molecule has 228 valence electrons. The van der Waals surface area contributed by atoms with Crippen LogP contribution >= 0.6 is 11.6 Å². The van der Waals surface area contributed by atoms with E-state index in [1.807, 2.05) is 19.1 Å². The number of aryl methyl sites for hydroxylation is 1. The molecule has 0 radical (unpaired) electrons. The zero-order chi connectivity index (χ0) is 32.4. The number of hydrogen-bond acceptors (Lipinski definition) is 9. The summed E-state index contributed by atoms with van der Waals surface area (Å²) in [6.45, 7) is 1.85. The second-order valence-corrected chi connectivity index (χ2v) is 9.12. The number of phenolic OH excluding ortho intramolecular Hbond substituents is 2. The number of urea groups is 2. The van der Waals surface area contributed by atoms with Gasteiger partial charge in [0.2, 0.25) is 0 Å². The first-order chi connectivity index (χ1) is 20.9. The summed E-state index contributed by atoms with van der Waals surface area (Å²) in [5.74, 6) is -0.506. The average Bonchev–Trinajstić information content (AvgIpc) is 2.96. The molecule has 0 aliphatic rings. The molecule has 44 heavy (non-hydrogen) atoms. The highest BCUT2D eigenvalue weighted by Gasteiger charge is 2.15. The molecule has 4 rings (SSSR count). The fourth-order valence-corrected chi connectivity index (χ4v) is 3.81. The first kappa shape index (κ1) is 32.4. The summed E-state index contributed by atoms with van der Waals surface area (Å²) in [6, 6.07) is 17.6. The molecule has 0 saturated heterocycles. The van der Waals surface area contributed by atoms with Gasteiger partial charge < -0.3 is 36.2 Å². The Bertz CT molecular complexity index is 1720. The van der Waals surface area contributed by atoms with Crippen LogP contribution in [0.4, 0.5) is 43.7 Å². The van der Waals surface area contributed by atoms with Crippen molar-refractivity contribution in [2.24, 2.45) is 0 Å². The van der Waals surface area contributed by atoms with Gasteiger partial charge in [-0.05, 0) is 42.8 Å². The van der Waals surface area contributed by atoms with Crippen molar-refractivity contribution in [2.75, 3.05) is 28.4 Å². The molecule has 15 nitrogen and oxygen atoms in total. The third kappa shape index (κ3) is 8.70. The van der Waals surface area contributed by atoms with Crippen molar-refractivity contribution in [3.8, 4) is 17.2 Å². The summed E-state index contributed by atoms with van der Waals surface area (Å²) in [5, 5.41) is 50.8. The minimum atomic E-state index is -0.672. The number of carbonyl (C=O) groups excluding carboxylic acids is 2. The van der Waals surface area contributed by atoms with Crippen molar-refractivity contribution in [2.45, 2.75) is 6.92 Å². The number of carbonyl (C=O) groups is 2. The SMILES string of the molecule is COc1c(Cl)cccc1NC(=O)Nc1ccc([N+](=O)[O-])cc1O.Cc1ccccc1NC(=O)Nc1ccc([N+](=O)[O-])cc1O. The van der Waals surface area contributed by atoms with E-state index in [1.54, 1.807) is 30.3 Å². The van der Waals surface area contributed by atoms with E-state index in [9.17, 15) is 40.0 Å². The normalized spacial score (nSPS) is 9.98. The number of anilines is 4. The van der Waals surface area contributed by atoms with Crippen molar-refractivity contribution < 1.29 is 34.4 Å². The number of rotatable bonds is 7. The van der Waals surface area contributed by atoms with Crippen LogP contribution in [0.3, 0.4) is 0 Å². The molecular formula is C28H25ClN6O9. The van der Waals surface area contributed by atoms with Crippen LogP contribution < -0.4 is 26.0 Å². The Morgan fingerprint density at radius 3 is 1.61 bits per heavy atom. The Hall–Kier alpha value is -6.09. The quantitative estimate of drug-likeness (QED) is 0.0717. The number of non-ortho nitro benzene ring substituents is 2. The lowest BCUT2D eigenvalue weighted by atomic mass is 10.2. The average molecular weight is 625 g/mol. The zero-order valence-electron chi connectivity index (χ0n) is 23.0. The summed E-state index contributed by atoms with van der Waals surface area (Å²) in [5.41, 5.74) is 1.43. The molecule has 0 fully saturated rings. The van der Waals surface area contributed by atoms with Gasteiger partial charge in [-0.3, -0.25) is 20.2 Å². The van der Waals surface area contributed by atoms with Gasteiger partial charge in [-0.2, -0.15) is 0 Å². The van der Waals surface area contributed by atoms with Crippen LogP contribution in [-0.4, -0.2) is 39.2 Å². The molecule has 4 aromatic rings. The lowest BCUT2D eigenvalue weighted by molar-refractivity contribution is -0.385. The molecule has 0 aliphatic heterocycles. The first-order valence-electron chi connectivity index (χ1n) is 12.4. The van der Waals surface area contributed by atoms with Crippen molar-refractivity contribution in [3.05, 3.63) is 110 Å². The van der Waals surface area contributed by atoms with Crippen LogP contribution in [0.1, 0.15) is 5.56 Å². The molecule has 4 aromatic carbocycles. The van der Waals surface area contributed by atoms with Crippen LogP contribution in [0.5, 0.6) is 17.2 Å². The number of methoxy groups -OCH3 is 1. The summed E-state index contributed by atoms with van der Waals surface area (Å²) in [6.07, 6.45) is 0. The van der Waals surface area contributed by atoms with Gasteiger partial charge in [-0.15, -0.1) is 0 Å². The minimum absolute atomic E-state index is 0.0223. The topological polar surface area (TPSA) is 218 Å². The van der Waals surface area contributed by atoms with E-state index < -0.39 is 27.7 Å². The van der Waals surface area contributed by atoms with E-state index in [1.165, 1.54) is 25.3 Å². The number of nitro groups is 2. The molecule has 16 heteroatoms. The second-order valence-electron chi connectivity index (χ2n) is 8.71. The summed E-state index contributed by atoms with van der Waals surface area (Å²) >= 11 is 5.94. The molecule has 0 unspecified atom stereocenters. The van der Waals surface area contributed by atoms with Gasteiger partial charge in [0.25, 0.3) is 11.4 Å². The van der Waals surface area contributed by atoms with Gasteiger partial charge in [-0.1, -0.05) is 35.9 Å². The van der Waals surface area contributed by atoms with Gasteiger partial charge >= 0.3 is 12.1 Å². The molecule has 0 saturated carbocycles. The van der Waals surface area contributed by atoms with Gasteiger partial charge in [-0.25, -0.2) is 9.59 Å². The lowest BCUT2D eigenvalue weighted by Gasteiger charge is -2.12. The predicted molar refractivity (Wildman–Crippen MR) is 164 cm³/mol. The van der Waals surface area contributed by atoms with E-state index in [4.69, 9.17) is 16.3 Å². The van der Waals surface area contributed by atoms with Crippen LogP contribution in [-0.2, 0) is 0 Å². The standard InChI is InChI=1S/C14H12ClN3O5.C14H13N3O4/c1-23-13-9(15)3-2-4-11(13)17-14(20)16-10-6-5-8(18(21)22)7-12(10)19;1-9-4-2-3-5-11(9)15-14(19)16-12-7-6-10(17(20)21)8-13(12)18/h2-7,19H,1H3,(H2,16,17,20);2-8,18H,1H3,(H2,15,16,19). The molecule has 0 heterocycles. The number of aromatic hydroxyl groups is 2. The van der Waals surface area contributed by atoms with E-state index in [-0.39, 0.29) is 34.2 Å². The van der Waals surface area contributed by atoms with Crippen LogP contribution in [0.25, 0.3) is 0 Å². The number of nitro benzene ring substituents is 2. The maximum atomic E-state index is 12.0. The van der Waals surface area contributed by atoms with Gasteiger partial charge in [0.05, 0.1) is 51.2 Å². The Kier molecular flexibility index (Phi) is 10.8. The van der Waals surface area contributed by atoms with Crippen molar-refractivity contribution >= 4 is 57.8 Å². The Morgan fingerprint density at radius 2 is 1.16 bits per heavy atom. The molecule has 0 aromatic heterocycles. The monoisotopic (exact) mass is 624 g/mol. The van der Waals surface area contributed by atoms with Crippen LogP contribution in [0.15, 0.2) is 78.9 Å². The Balaban J connectivity index is 0.000000241. The van der Waals surface area contributed by atoms with Crippen LogP contribution in [0.2, 0.25) is 5.02 Å². The Morgan fingerprint density at radius 1 is 0.705 bits per heavy atom. The highest BCUT2D eigenvalue weighted by molar-refractivity contribution is 6.32. The number of hydrogen-bond donors (Lipinski definition) is 6. The highest BCUT2D eigenvalue weighted by Crippen LogP contribution is 2.33. The molecule has 0 atom stereocenters. The van der Waals surface area contributed by atoms with E-state index >= 15 is 0 Å². The molecule has 0 bridgehead atoms. The van der Waals surface area contributed by atoms with Crippen molar-refractivity contribution in [3.63, 3.8) is 0 Å². The maximum absolute atomic E-state index is 12.0. The summed E-state index contributed by atoms with van der Waals surface area (Å²) < 4.78 is 5.09. The molecule has 6 N–H and O–H groups in total. The van der Waals surface area contributed by atoms with Gasteiger partial charge in [0, 0.05) is 17.8 Å². The fourth-order valence-electron chi connectivity index (χ4n) is 3.56. The number of benzene rings is 4. The highest BCUT2D eigenvalue weighted by atomic mass is 35.5. The smallest absolute Gasteiger partial charge is 0.323 e. The number of halogens is 1. The fraction of sp³-hybridized carbons (Fsp3) is 0.0714. The van der Waals surface area contributed by atoms with Gasteiger partial charge in [0.15, 0.2) is 5.75 Å². The Labute approximate surface area is 254 Å². The third-order valence-corrected chi connectivity index (χ3v) is 5.99. The lowest BCUT2D eigenvalue weighted by Crippen LogP contribution is -2.20. The van der Waals surface area contributed by atoms with Crippen molar-refractivity contribution in [1.82, 2.24) is 0 Å². The number of para-hydroxylation sites is 2. The minimum Gasteiger partial charge on any atom is -0.506 e. The molecule has 0 spiro atoms. The summed E-state index contributed by atoms with van der Waals surface area (Å²) in [4.78, 5) is 43.7. The molecule has 4 amide bonds. The predicted octanol–water partition coefficient (Wildman–Crippen LogP) is 6.86. The second kappa shape index (κ2) is 14.7. The molecule has 0 aliphatic carbocycles. The maximum Gasteiger partial charge on any atom is 0.323 e. The first-order valence-corrected chi connectivity index (χ1v) is 12.8. The van der Waals surface area contributed by atoms with Crippen molar-refractivity contribution in [1.29, 1.82) is 0 Å². The van der Waals surface area contributed by atoms with E-state index in [0.29, 0.717) is 16.4 Å². The third-order valence-electron chi connectivity index (χ3n) is 5.69. The zero-order valence-corrected chi connectivity index (χ0v) is 23.8. The number of phenols is 2. The van der Waals surface area contributed by atoms with E-state index in [2.05, 4.69) is 21.3 Å². The number of amides is 4. The molecular weight excluding hydrogens is 600 g/mol. The summed E-state index contributed by atoms with van der Waals surface area (Å²) in [7, 11) is 1.41.